The number of aryl methyl sites for hydroxylation is 2. The summed E-state index contributed by atoms with van der Waals surface area (Å²) < 4.78 is 30.3. The molecule has 0 spiro atoms. The smallest absolute Gasteiger partial charge is 0.339 e. The van der Waals surface area contributed by atoms with Gasteiger partial charge in [0.25, 0.3) is 5.69 Å². The summed E-state index contributed by atoms with van der Waals surface area (Å²) in [6.07, 6.45) is 0. The molecule has 128 valence electrons. The molecule has 2 aromatic carbocycles. The predicted molar refractivity (Wildman–Crippen MR) is 90.9 cm³/mol. The lowest BCUT2D eigenvalue weighted by Crippen LogP contribution is -2.13. The molecule has 0 saturated heterocycles. The van der Waals surface area contributed by atoms with Gasteiger partial charge in [-0.05, 0) is 48.6 Å². The van der Waals surface area contributed by atoms with Gasteiger partial charge in [-0.1, -0.05) is 26.0 Å². The first-order valence-corrected chi connectivity index (χ1v) is 8.82. The average Bonchev–Trinajstić information content (AvgIpc) is 2.46. The summed E-state index contributed by atoms with van der Waals surface area (Å²) in [6.45, 7) is 7.53. The monoisotopic (exact) mass is 349 g/mol. The molecule has 2 rings (SSSR count). The molecule has 0 N–H and O–H groups in total. The maximum atomic E-state index is 12.6. The second-order valence-electron chi connectivity index (χ2n) is 5.93. The lowest BCUT2D eigenvalue weighted by atomic mass is 9.99. The molecule has 0 bridgehead atoms. The molecule has 0 aliphatic rings. The molecule has 0 radical (unpaired) electrons. The zero-order chi connectivity index (χ0) is 18.1. The summed E-state index contributed by atoms with van der Waals surface area (Å²) in [5.74, 6) is 0.321. The summed E-state index contributed by atoms with van der Waals surface area (Å²) >= 11 is 0. The third kappa shape index (κ3) is 3.73. The first-order chi connectivity index (χ1) is 11.1. The Labute approximate surface area is 141 Å². The molecule has 0 heterocycles. The highest BCUT2D eigenvalue weighted by Gasteiger charge is 2.23. The number of nitro benzene ring substituents is 1. The molecule has 0 unspecified atom stereocenters. The molecule has 0 fully saturated rings. The van der Waals surface area contributed by atoms with E-state index in [1.54, 1.807) is 13.8 Å². The summed E-state index contributed by atoms with van der Waals surface area (Å²) in [5, 5.41) is 10.6. The van der Waals surface area contributed by atoms with Gasteiger partial charge in [-0.2, -0.15) is 8.42 Å². The normalized spacial score (nSPS) is 11.5. The lowest BCUT2D eigenvalue weighted by molar-refractivity contribution is -0.384. The molecule has 0 saturated carbocycles. The van der Waals surface area contributed by atoms with E-state index in [0.29, 0.717) is 11.1 Å². The van der Waals surface area contributed by atoms with Gasteiger partial charge in [0.15, 0.2) is 0 Å². The molecule has 24 heavy (non-hydrogen) atoms. The number of non-ortho nitro benzene ring substituents is 1. The van der Waals surface area contributed by atoms with Crippen LogP contribution in [-0.2, 0) is 10.1 Å². The number of benzene rings is 2. The quantitative estimate of drug-likeness (QED) is 0.461. The van der Waals surface area contributed by atoms with Crippen molar-refractivity contribution in [2.45, 2.75) is 38.5 Å². The minimum absolute atomic E-state index is 0.0346. The zero-order valence-electron chi connectivity index (χ0n) is 13.9. The molecule has 0 atom stereocenters. The molecule has 0 amide bonds. The third-order valence-electron chi connectivity index (χ3n) is 3.65. The Bertz CT molecular complexity index is 847. The third-order valence-corrected chi connectivity index (χ3v) is 5.21. The minimum atomic E-state index is -4.02. The minimum Gasteiger partial charge on any atom is -0.379 e. The van der Waals surface area contributed by atoms with Crippen molar-refractivity contribution >= 4 is 15.8 Å². The number of hydrogen-bond acceptors (Lipinski definition) is 5. The van der Waals surface area contributed by atoms with Crippen molar-refractivity contribution in [3.05, 3.63) is 63.2 Å². The van der Waals surface area contributed by atoms with Crippen molar-refractivity contribution in [3.8, 4) is 5.75 Å². The Hall–Kier alpha value is -2.41. The van der Waals surface area contributed by atoms with E-state index in [0.717, 1.165) is 5.56 Å². The first kappa shape index (κ1) is 17.9. The van der Waals surface area contributed by atoms with Crippen molar-refractivity contribution in [1.82, 2.24) is 0 Å². The number of rotatable bonds is 5. The van der Waals surface area contributed by atoms with E-state index in [1.807, 2.05) is 26.0 Å². The van der Waals surface area contributed by atoms with Gasteiger partial charge < -0.3 is 4.18 Å². The highest BCUT2D eigenvalue weighted by Crippen LogP contribution is 2.28. The highest BCUT2D eigenvalue weighted by atomic mass is 32.2. The van der Waals surface area contributed by atoms with Crippen LogP contribution in [0.2, 0.25) is 0 Å². The van der Waals surface area contributed by atoms with Gasteiger partial charge in [0, 0.05) is 12.1 Å². The first-order valence-electron chi connectivity index (χ1n) is 7.42. The summed E-state index contributed by atoms with van der Waals surface area (Å²) in [5.41, 5.74) is 2.15. The Morgan fingerprint density at radius 1 is 1.04 bits per heavy atom. The van der Waals surface area contributed by atoms with E-state index in [2.05, 4.69) is 0 Å². The van der Waals surface area contributed by atoms with Crippen LogP contribution in [0.5, 0.6) is 5.75 Å². The van der Waals surface area contributed by atoms with E-state index >= 15 is 0 Å². The van der Waals surface area contributed by atoms with Crippen molar-refractivity contribution in [3.63, 3.8) is 0 Å². The topological polar surface area (TPSA) is 86.5 Å². The van der Waals surface area contributed by atoms with Gasteiger partial charge in [-0.15, -0.1) is 0 Å². The highest BCUT2D eigenvalue weighted by molar-refractivity contribution is 7.87. The van der Waals surface area contributed by atoms with E-state index < -0.39 is 15.0 Å². The van der Waals surface area contributed by atoms with Crippen molar-refractivity contribution < 1.29 is 17.5 Å². The van der Waals surface area contributed by atoms with Gasteiger partial charge >= 0.3 is 10.1 Å². The maximum absolute atomic E-state index is 12.6. The fourth-order valence-corrected chi connectivity index (χ4v) is 3.86. The van der Waals surface area contributed by atoms with E-state index in [-0.39, 0.29) is 22.3 Å². The second-order valence-corrected chi connectivity index (χ2v) is 7.41. The van der Waals surface area contributed by atoms with Gasteiger partial charge in [0.2, 0.25) is 0 Å². The summed E-state index contributed by atoms with van der Waals surface area (Å²) in [4.78, 5) is 10.2. The van der Waals surface area contributed by atoms with Crippen LogP contribution in [0.15, 0.2) is 41.3 Å². The summed E-state index contributed by atoms with van der Waals surface area (Å²) in [7, 11) is -4.02. The Kier molecular flexibility index (Phi) is 4.94. The molecule has 0 aromatic heterocycles. The summed E-state index contributed by atoms with van der Waals surface area (Å²) in [6, 6.07) is 8.61. The van der Waals surface area contributed by atoms with Crippen LogP contribution in [0.3, 0.4) is 0 Å². The van der Waals surface area contributed by atoms with Gasteiger partial charge in [0.05, 0.1) is 4.92 Å². The van der Waals surface area contributed by atoms with Crippen LogP contribution in [0.1, 0.15) is 36.5 Å². The van der Waals surface area contributed by atoms with E-state index in [1.165, 1.54) is 24.3 Å². The number of hydrogen-bond donors (Lipinski definition) is 0. The standard InChI is InChI=1S/C17H19NO5S/c1-11(2)14-9-12(3)17(13(4)10-14)24(21,22)23-16-7-5-15(6-8-16)18(19)20/h5-11H,1-4H3. The van der Waals surface area contributed by atoms with Crippen LogP contribution in [-0.4, -0.2) is 13.3 Å². The molecule has 7 heteroatoms. The van der Waals surface area contributed by atoms with Crippen molar-refractivity contribution in [1.29, 1.82) is 0 Å². The van der Waals surface area contributed by atoms with Crippen LogP contribution >= 0.6 is 0 Å². The Balaban J connectivity index is 2.39. The number of nitro groups is 1. The molecule has 6 nitrogen and oxygen atoms in total. The fourth-order valence-electron chi connectivity index (χ4n) is 2.50. The SMILES string of the molecule is Cc1cc(C(C)C)cc(C)c1S(=O)(=O)Oc1ccc([N+](=O)[O-])cc1. The van der Waals surface area contributed by atoms with Crippen LogP contribution in [0.25, 0.3) is 0 Å². The maximum Gasteiger partial charge on any atom is 0.339 e. The molecule has 0 aliphatic heterocycles. The fraction of sp³-hybridized carbons (Fsp3) is 0.294. The average molecular weight is 349 g/mol. The molecule has 2 aromatic rings. The van der Waals surface area contributed by atoms with Crippen molar-refractivity contribution in [2.24, 2.45) is 0 Å². The Morgan fingerprint density at radius 2 is 1.54 bits per heavy atom. The molecule has 0 aliphatic carbocycles. The van der Waals surface area contributed by atoms with Crippen LogP contribution < -0.4 is 4.18 Å². The van der Waals surface area contributed by atoms with Gasteiger partial charge in [0.1, 0.15) is 10.6 Å². The zero-order valence-corrected chi connectivity index (χ0v) is 14.8. The predicted octanol–water partition coefficient (Wildman–Crippen LogP) is 4.10. The Morgan fingerprint density at radius 3 is 1.96 bits per heavy atom. The largest absolute Gasteiger partial charge is 0.379 e. The van der Waals surface area contributed by atoms with Gasteiger partial charge in [-0.3, -0.25) is 10.1 Å². The van der Waals surface area contributed by atoms with Crippen molar-refractivity contribution in [2.75, 3.05) is 0 Å². The molecular formula is C17H19NO5S. The van der Waals surface area contributed by atoms with E-state index in [4.69, 9.17) is 4.18 Å². The van der Waals surface area contributed by atoms with Crippen LogP contribution in [0.4, 0.5) is 5.69 Å². The van der Waals surface area contributed by atoms with E-state index in [9.17, 15) is 18.5 Å². The van der Waals surface area contributed by atoms with Crippen LogP contribution in [0, 0.1) is 24.0 Å². The lowest BCUT2D eigenvalue weighted by Gasteiger charge is -2.15. The number of nitrogens with zero attached hydrogens (tertiary/aromatic N) is 1. The van der Waals surface area contributed by atoms with Gasteiger partial charge in [-0.25, -0.2) is 0 Å². The molecular weight excluding hydrogens is 330 g/mol. The second kappa shape index (κ2) is 6.60.